The van der Waals surface area contributed by atoms with E-state index in [0.29, 0.717) is 5.56 Å². The Hall–Kier alpha value is -1.09. The van der Waals surface area contributed by atoms with Gasteiger partial charge in [-0.15, -0.1) is 0 Å². The van der Waals surface area contributed by atoms with Gasteiger partial charge < -0.3 is 10.2 Å². The molecule has 0 aliphatic rings. The lowest BCUT2D eigenvalue weighted by Crippen LogP contribution is -2.21. The fourth-order valence-corrected chi connectivity index (χ4v) is 1.16. The van der Waals surface area contributed by atoms with Crippen LogP contribution in [-0.4, -0.2) is 15.8 Å². The first-order valence-corrected chi connectivity index (χ1v) is 4.08. The smallest absolute Gasteiger partial charge is 0.123 e. The van der Waals surface area contributed by atoms with E-state index in [1.165, 1.54) is 18.2 Å². The second-order valence-corrected chi connectivity index (χ2v) is 3.76. The average Bonchev–Trinajstić information content (AvgIpc) is 1.94. The minimum absolute atomic E-state index is 0.0172. The third-order valence-electron chi connectivity index (χ3n) is 1.66. The molecular weight excluding hydrogens is 171 g/mol. The van der Waals surface area contributed by atoms with Gasteiger partial charge in [-0.1, -0.05) is 0 Å². The molecule has 0 spiro atoms. The molecule has 72 valence electrons. The molecule has 1 aromatic rings. The van der Waals surface area contributed by atoms with Gasteiger partial charge in [0.25, 0.3) is 0 Å². The van der Waals surface area contributed by atoms with E-state index in [1.807, 2.05) is 0 Å². The van der Waals surface area contributed by atoms with Crippen molar-refractivity contribution >= 4 is 0 Å². The summed E-state index contributed by atoms with van der Waals surface area (Å²) in [7, 11) is 0. The van der Waals surface area contributed by atoms with E-state index in [9.17, 15) is 14.6 Å². The molecule has 0 unspecified atom stereocenters. The second-order valence-electron chi connectivity index (χ2n) is 3.76. The van der Waals surface area contributed by atoms with Crippen molar-refractivity contribution < 1.29 is 14.6 Å². The molecule has 0 aliphatic heterocycles. The number of halogens is 1. The molecule has 0 heterocycles. The van der Waals surface area contributed by atoms with Crippen molar-refractivity contribution in [1.82, 2.24) is 0 Å². The second kappa shape index (κ2) is 3.34. The van der Waals surface area contributed by atoms with E-state index in [0.717, 1.165) is 0 Å². The zero-order valence-electron chi connectivity index (χ0n) is 7.71. The molecule has 0 aliphatic carbocycles. The van der Waals surface area contributed by atoms with Gasteiger partial charge in [0.2, 0.25) is 0 Å². The van der Waals surface area contributed by atoms with E-state index in [1.54, 1.807) is 13.8 Å². The minimum atomic E-state index is -0.939. The van der Waals surface area contributed by atoms with Crippen LogP contribution >= 0.6 is 0 Å². The molecule has 0 aromatic heterocycles. The number of phenolic OH excluding ortho intramolecular Hbond substituents is 1. The molecule has 0 atom stereocenters. The topological polar surface area (TPSA) is 40.5 Å². The molecular formula is C10H13FO2. The van der Waals surface area contributed by atoms with Crippen molar-refractivity contribution in [3.63, 3.8) is 0 Å². The van der Waals surface area contributed by atoms with Crippen LogP contribution in [-0.2, 0) is 6.42 Å². The number of rotatable bonds is 2. The maximum atomic E-state index is 12.7. The summed E-state index contributed by atoms with van der Waals surface area (Å²) >= 11 is 0. The Balaban J connectivity index is 2.94. The molecule has 0 radical (unpaired) electrons. The Morgan fingerprint density at radius 2 is 2.00 bits per heavy atom. The first-order valence-electron chi connectivity index (χ1n) is 4.08. The largest absolute Gasteiger partial charge is 0.508 e. The summed E-state index contributed by atoms with van der Waals surface area (Å²) in [6, 6.07) is 3.70. The molecule has 13 heavy (non-hydrogen) atoms. The van der Waals surface area contributed by atoms with Crippen LogP contribution in [0.15, 0.2) is 18.2 Å². The highest BCUT2D eigenvalue weighted by atomic mass is 19.1. The SMILES string of the molecule is CC(C)(O)Cc1cc(F)ccc1O. The molecule has 0 bridgehead atoms. The highest BCUT2D eigenvalue weighted by Gasteiger charge is 2.16. The lowest BCUT2D eigenvalue weighted by molar-refractivity contribution is 0.0802. The van der Waals surface area contributed by atoms with Crippen LogP contribution < -0.4 is 0 Å². The summed E-state index contributed by atoms with van der Waals surface area (Å²) in [5, 5.41) is 18.8. The van der Waals surface area contributed by atoms with Crippen molar-refractivity contribution in [2.45, 2.75) is 25.9 Å². The molecule has 0 amide bonds. The van der Waals surface area contributed by atoms with Gasteiger partial charge >= 0.3 is 0 Å². The van der Waals surface area contributed by atoms with Crippen LogP contribution in [0.25, 0.3) is 0 Å². The van der Waals surface area contributed by atoms with E-state index >= 15 is 0 Å². The van der Waals surface area contributed by atoms with E-state index in [-0.39, 0.29) is 12.2 Å². The van der Waals surface area contributed by atoms with Crippen LogP contribution in [0, 0.1) is 5.82 Å². The number of hydrogen-bond acceptors (Lipinski definition) is 2. The number of hydrogen-bond donors (Lipinski definition) is 2. The minimum Gasteiger partial charge on any atom is -0.508 e. The normalized spacial score (nSPS) is 11.7. The fraction of sp³-hybridized carbons (Fsp3) is 0.400. The van der Waals surface area contributed by atoms with Gasteiger partial charge in [0.05, 0.1) is 5.60 Å². The number of benzene rings is 1. The maximum absolute atomic E-state index is 12.7. The van der Waals surface area contributed by atoms with Gasteiger partial charge in [0, 0.05) is 6.42 Å². The van der Waals surface area contributed by atoms with E-state index in [2.05, 4.69) is 0 Å². The first-order chi connectivity index (χ1) is 5.88. The summed E-state index contributed by atoms with van der Waals surface area (Å²) in [6.07, 6.45) is 0.233. The van der Waals surface area contributed by atoms with E-state index in [4.69, 9.17) is 0 Å². The third kappa shape index (κ3) is 3.03. The summed E-state index contributed by atoms with van der Waals surface area (Å²) < 4.78 is 12.7. The lowest BCUT2D eigenvalue weighted by atomic mass is 9.98. The van der Waals surface area contributed by atoms with Gasteiger partial charge in [-0.05, 0) is 37.6 Å². The Morgan fingerprint density at radius 1 is 1.38 bits per heavy atom. The van der Waals surface area contributed by atoms with Crippen molar-refractivity contribution in [1.29, 1.82) is 0 Å². The van der Waals surface area contributed by atoms with Crippen molar-refractivity contribution in [3.8, 4) is 5.75 Å². The molecule has 2 N–H and O–H groups in total. The van der Waals surface area contributed by atoms with Gasteiger partial charge in [-0.25, -0.2) is 4.39 Å². The van der Waals surface area contributed by atoms with Crippen LogP contribution in [0.4, 0.5) is 4.39 Å². The van der Waals surface area contributed by atoms with E-state index < -0.39 is 11.4 Å². The lowest BCUT2D eigenvalue weighted by Gasteiger charge is -2.17. The zero-order valence-corrected chi connectivity index (χ0v) is 7.71. The number of aliphatic hydroxyl groups is 1. The maximum Gasteiger partial charge on any atom is 0.123 e. The van der Waals surface area contributed by atoms with Crippen LogP contribution in [0.3, 0.4) is 0 Å². The fourth-order valence-electron chi connectivity index (χ4n) is 1.16. The van der Waals surface area contributed by atoms with Crippen LogP contribution in [0.5, 0.6) is 5.75 Å². The molecule has 0 saturated carbocycles. The third-order valence-corrected chi connectivity index (χ3v) is 1.66. The van der Waals surface area contributed by atoms with Crippen molar-refractivity contribution in [2.24, 2.45) is 0 Å². The number of phenols is 1. The van der Waals surface area contributed by atoms with Crippen LogP contribution in [0.2, 0.25) is 0 Å². The Bertz CT molecular complexity index is 302. The standard InChI is InChI=1S/C10H13FO2/c1-10(2,13)6-7-5-8(11)3-4-9(7)12/h3-5,12-13H,6H2,1-2H3. The molecule has 1 rings (SSSR count). The first kappa shape index (κ1) is 9.99. The van der Waals surface area contributed by atoms with Crippen molar-refractivity contribution in [3.05, 3.63) is 29.6 Å². The molecule has 0 saturated heterocycles. The predicted octanol–water partition coefficient (Wildman–Crippen LogP) is 1.84. The summed E-state index contributed by atoms with van der Waals surface area (Å²) in [5.74, 6) is -0.388. The Kier molecular flexibility index (Phi) is 2.57. The van der Waals surface area contributed by atoms with Crippen molar-refractivity contribution in [2.75, 3.05) is 0 Å². The summed E-state index contributed by atoms with van der Waals surface area (Å²) in [4.78, 5) is 0. The van der Waals surface area contributed by atoms with Gasteiger partial charge in [0.15, 0.2) is 0 Å². The average molecular weight is 184 g/mol. The van der Waals surface area contributed by atoms with Gasteiger partial charge in [-0.3, -0.25) is 0 Å². The van der Waals surface area contributed by atoms with Gasteiger partial charge in [-0.2, -0.15) is 0 Å². The molecule has 2 nitrogen and oxygen atoms in total. The Morgan fingerprint density at radius 3 is 2.54 bits per heavy atom. The summed E-state index contributed by atoms with van der Waals surface area (Å²) in [6.45, 7) is 3.22. The van der Waals surface area contributed by atoms with Crippen LogP contribution in [0.1, 0.15) is 19.4 Å². The quantitative estimate of drug-likeness (QED) is 0.736. The highest BCUT2D eigenvalue weighted by molar-refractivity contribution is 5.33. The molecule has 3 heteroatoms. The molecule has 1 aromatic carbocycles. The zero-order chi connectivity index (χ0) is 10.1. The Labute approximate surface area is 76.6 Å². The molecule has 0 fully saturated rings. The van der Waals surface area contributed by atoms with Gasteiger partial charge in [0.1, 0.15) is 11.6 Å². The summed E-state index contributed by atoms with van der Waals surface area (Å²) in [5.41, 5.74) is -0.516. The monoisotopic (exact) mass is 184 g/mol. The highest BCUT2D eigenvalue weighted by Crippen LogP contribution is 2.22. The number of aromatic hydroxyl groups is 1. The predicted molar refractivity (Wildman–Crippen MR) is 48.1 cm³/mol.